The lowest BCUT2D eigenvalue weighted by Gasteiger charge is -2.24. The van der Waals surface area contributed by atoms with Gasteiger partial charge in [-0.1, -0.05) is 0 Å². The minimum absolute atomic E-state index is 0.0804. The number of rotatable bonds is 5. The topological polar surface area (TPSA) is 113 Å². The Morgan fingerprint density at radius 1 is 1.63 bits per heavy atom. The normalized spacial score (nSPS) is 11.4. The summed E-state index contributed by atoms with van der Waals surface area (Å²) in [6.45, 7) is 1.79. The van der Waals surface area contributed by atoms with Crippen molar-refractivity contribution >= 4 is 17.3 Å². The summed E-state index contributed by atoms with van der Waals surface area (Å²) in [5, 5.41) is 19.7. The number of nitrogens with two attached hydrogens (primary N) is 1. The SMILES string of the molecule is CC(CC#N)N(C)c1ccc(C(N)=O)cc1[N+](=O)[O-]. The van der Waals surface area contributed by atoms with Crippen molar-refractivity contribution in [2.24, 2.45) is 5.73 Å². The first-order valence-corrected chi connectivity index (χ1v) is 5.56. The third-order valence-electron chi connectivity index (χ3n) is 2.88. The van der Waals surface area contributed by atoms with Gasteiger partial charge < -0.3 is 10.6 Å². The molecule has 0 saturated heterocycles. The van der Waals surface area contributed by atoms with Crippen LogP contribution in [0.1, 0.15) is 23.7 Å². The molecular formula is C12H14N4O3. The number of nitriles is 1. The van der Waals surface area contributed by atoms with E-state index in [0.717, 1.165) is 6.07 Å². The van der Waals surface area contributed by atoms with Gasteiger partial charge in [-0.3, -0.25) is 14.9 Å². The summed E-state index contributed by atoms with van der Waals surface area (Å²) >= 11 is 0. The highest BCUT2D eigenvalue weighted by atomic mass is 16.6. The molecule has 19 heavy (non-hydrogen) atoms. The number of nitro benzene ring substituents is 1. The molecule has 0 spiro atoms. The van der Waals surface area contributed by atoms with Crippen LogP contribution in [-0.4, -0.2) is 23.9 Å². The summed E-state index contributed by atoms with van der Waals surface area (Å²) < 4.78 is 0. The fourth-order valence-electron chi connectivity index (χ4n) is 1.63. The molecule has 1 unspecified atom stereocenters. The largest absolute Gasteiger partial charge is 0.366 e. The van der Waals surface area contributed by atoms with Gasteiger partial charge in [0.25, 0.3) is 5.69 Å². The fourth-order valence-corrected chi connectivity index (χ4v) is 1.63. The summed E-state index contributed by atoms with van der Waals surface area (Å²) in [6.07, 6.45) is 0.241. The van der Waals surface area contributed by atoms with Gasteiger partial charge in [-0.15, -0.1) is 0 Å². The van der Waals surface area contributed by atoms with E-state index in [4.69, 9.17) is 11.0 Å². The number of carbonyl (C=O) groups excluding carboxylic acids is 1. The Labute approximate surface area is 110 Å². The lowest BCUT2D eigenvalue weighted by Crippen LogP contribution is -2.29. The fraction of sp³-hybridized carbons (Fsp3) is 0.333. The van der Waals surface area contributed by atoms with Gasteiger partial charge in [0.15, 0.2) is 0 Å². The van der Waals surface area contributed by atoms with Crippen LogP contribution in [-0.2, 0) is 0 Å². The first-order valence-electron chi connectivity index (χ1n) is 5.56. The molecule has 0 fully saturated rings. The summed E-state index contributed by atoms with van der Waals surface area (Å²) in [5.41, 5.74) is 5.32. The minimum Gasteiger partial charge on any atom is -0.366 e. The molecule has 0 aliphatic heterocycles. The van der Waals surface area contributed by atoms with Crippen molar-refractivity contribution in [3.63, 3.8) is 0 Å². The number of carbonyl (C=O) groups is 1. The van der Waals surface area contributed by atoms with Crippen LogP contribution in [0, 0.1) is 21.4 Å². The average Bonchev–Trinajstić information content (AvgIpc) is 2.37. The molecule has 1 aromatic rings. The van der Waals surface area contributed by atoms with Crippen molar-refractivity contribution in [3.8, 4) is 6.07 Å². The van der Waals surface area contributed by atoms with Crippen molar-refractivity contribution < 1.29 is 9.72 Å². The van der Waals surface area contributed by atoms with Gasteiger partial charge in [0.05, 0.1) is 17.4 Å². The molecule has 0 aliphatic carbocycles. The quantitative estimate of drug-likeness (QED) is 0.637. The Morgan fingerprint density at radius 3 is 2.74 bits per heavy atom. The smallest absolute Gasteiger partial charge is 0.293 e. The molecule has 1 atom stereocenters. The molecular weight excluding hydrogens is 248 g/mol. The van der Waals surface area contributed by atoms with Crippen LogP contribution in [0.5, 0.6) is 0 Å². The molecule has 1 aromatic carbocycles. The van der Waals surface area contributed by atoms with Gasteiger partial charge in [-0.25, -0.2) is 0 Å². The van der Waals surface area contributed by atoms with Crippen LogP contribution in [0.4, 0.5) is 11.4 Å². The summed E-state index contributed by atoms with van der Waals surface area (Å²) in [7, 11) is 1.66. The zero-order chi connectivity index (χ0) is 14.6. The van der Waals surface area contributed by atoms with Crippen molar-refractivity contribution in [3.05, 3.63) is 33.9 Å². The second kappa shape index (κ2) is 5.82. The molecule has 0 aliphatic rings. The molecule has 100 valence electrons. The van der Waals surface area contributed by atoms with Crippen LogP contribution < -0.4 is 10.6 Å². The number of anilines is 1. The molecule has 2 N–H and O–H groups in total. The Balaban J connectivity index is 3.24. The van der Waals surface area contributed by atoms with E-state index in [1.807, 2.05) is 6.07 Å². The van der Waals surface area contributed by atoms with Crippen molar-refractivity contribution in [2.75, 3.05) is 11.9 Å². The Kier molecular flexibility index (Phi) is 4.42. The van der Waals surface area contributed by atoms with E-state index < -0.39 is 10.8 Å². The van der Waals surface area contributed by atoms with Crippen LogP contribution >= 0.6 is 0 Å². The summed E-state index contributed by atoms with van der Waals surface area (Å²) in [6, 6.07) is 5.87. The van der Waals surface area contributed by atoms with Crippen molar-refractivity contribution in [1.29, 1.82) is 5.26 Å². The van der Waals surface area contributed by atoms with Crippen LogP contribution in [0.3, 0.4) is 0 Å². The zero-order valence-electron chi connectivity index (χ0n) is 10.7. The second-order valence-electron chi connectivity index (χ2n) is 4.15. The highest BCUT2D eigenvalue weighted by molar-refractivity contribution is 5.94. The summed E-state index contributed by atoms with van der Waals surface area (Å²) in [5.74, 6) is -0.720. The maximum absolute atomic E-state index is 11.0. The molecule has 0 heterocycles. The lowest BCUT2D eigenvalue weighted by atomic mass is 10.1. The number of nitrogens with zero attached hydrogens (tertiary/aromatic N) is 3. The van der Waals surface area contributed by atoms with Gasteiger partial charge >= 0.3 is 0 Å². The molecule has 1 amide bonds. The van der Waals surface area contributed by atoms with Crippen LogP contribution in [0.15, 0.2) is 18.2 Å². The monoisotopic (exact) mass is 262 g/mol. The van der Waals surface area contributed by atoms with E-state index in [-0.39, 0.29) is 23.7 Å². The van der Waals surface area contributed by atoms with E-state index in [0.29, 0.717) is 5.69 Å². The molecule has 0 aromatic heterocycles. The molecule has 1 rings (SSSR count). The maximum atomic E-state index is 11.0. The zero-order valence-corrected chi connectivity index (χ0v) is 10.7. The molecule has 0 radical (unpaired) electrons. The Morgan fingerprint density at radius 2 is 2.26 bits per heavy atom. The first kappa shape index (κ1) is 14.4. The predicted molar refractivity (Wildman–Crippen MR) is 69.7 cm³/mol. The van der Waals surface area contributed by atoms with E-state index in [1.54, 1.807) is 18.9 Å². The molecule has 7 heteroatoms. The Hall–Kier alpha value is -2.62. The van der Waals surface area contributed by atoms with Crippen molar-refractivity contribution in [1.82, 2.24) is 0 Å². The van der Waals surface area contributed by atoms with Gasteiger partial charge in [0, 0.05) is 24.7 Å². The van der Waals surface area contributed by atoms with E-state index >= 15 is 0 Å². The van der Waals surface area contributed by atoms with Gasteiger partial charge in [-0.05, 0) is 19.1 Å². The van der Waals surface area contributed by atoms with E-state index in [1.165, 1.54) is 12.1 Å². The number of hydrogen-bond acceptors (Lipinski definition) is 5. The highest BCUT2D eigenvalue weighted by Crippen LogP contribution is 2.30. The predicted octanol–water partition coefficient (Wildman–Crippen LogP) is 1.43. The number of nitro groups is 1. The average molecular weight is 262 g/mol. The Bertz CT molecular complexity index is 550. The lowest BCUT2D eigenvalue weighted by molar-refractivity contribution is -0.384. The minimum atomic E-state index is -0.720. The molecule has 0 bridgehead atoms. The molecule has 0 saturated carbocycles. The number of benzene rings is 1. The second-order valence-corrected chi connectivity index (χ2v) is 4.15. The maximum Gasteiger partial charge on any atom is 0.293 e. The highest BCUT2D eigenvalue weighted by Gasteiger charge is 2.21. The standard InChI is InChI=1S/C12H14N4O3/c1-8(5-6-13)15(2)10-4-3-9(12(14)17)7-11(10)16(18)19/h3-4,7-8H,5H2,1-2H3,(H2,14,17). The number of hydrogen-bond donors (Lipinski definition) is 1. The third-order valence-corrected chi connectivity index (χ3v) is 2.88. The van der Waals surface area contributed by atoms with Gasteiger partial charge in [0.1, 0.15) is 5.69 Å². The van der Waals surface area contributed by atoms with E-state index in [2.05, 4.69) is 0 Å². The first-order chi connectivity index (χ1) is 8.88. The molecule has 7 nitrogen and oxygen atoms in total. The third kappa shape index (κ3) is 3.19. The van der Waals surface area contributed by atoms with Gasteiger partial charge in [0.2, 0.25) is 5.91 Å². The van der Waals surface area contributed by atoms with Crippen molar-refractivity contribution in [2.45, 2.75) is 19.4 Å². The van der Waals surface area contributed by atoms with Crippen LogP contribution in [0.25, 0.3) is 0 Å². The van der Waals surface area contributed by atoms with Gasteiger partial charge in [-0.2, -0.15) is 5.26 Å². The summed E-state index contributed by atoms with van der Waals surface area (Å²) in [4.78, 5) is 23.1. The number of amides is 1. The van der Waals surface area contributed by atoms with E-state index in [9.17, 15) is 14.9 Å². The van der Waals surface area contributed by atoms with Crippen LogP contribution in [0.2, 0.25) is 0 Å². The number of primary amides is 1.